The summed E-state index contributed by atoms with van der Waals surface area (Å²) in [6.07, 6.45) is 1.53. The molecule has 0 fully saturated rings. The van der Waals surface area contributed by atoms with Crippen LogP contribution in [0.4, 0.5) is 0 Å². The number of benzene rings is 1. The van der Waals surface area contributed by atoms with E-state index in [0.29, 0.717) is 11.6 Å². The fourth-order valence-corrected chi connectivity index (χ4v) is 1.73. The van der Waals surface area contributed by atoms with Gasteiger partial charge in [0, 0.05) is 6.04 Å². The highest BCUT2D eigenvalue weighted by Crippen LogP contribution is 2.21. The van der Waals surface area contributed by atoms with E-state index < -0.39 is 0 Å². The molecule has 0 saturated heterocycles. The third-order valence-corrected chi connectivity index (χ3v) is 2.87. The van der Waals surface area contributed by atoms with E-state index in [1.54, 1.807) is 0 Å². The molecule has 94 valence electrons. The first-order chi connectivity index (χ1) is 8.08. The van der Waals surface area contributed by atoms with Crippen molar-refractivity contribution >= 4 is 17.5 Å². The molecule has 0 heterocycles. The summed E-state index contributed by atoms with van der Waals surface area (Å²) >= 11 is 5.90. The predicted molar refractivity (Wildman–Crippen MR) is 68.3 cm³/mol. The maximum Gasteiger partial charge on any atom is 0.253 e. The summed E-state index contributed by atoms with van der Waals surface area (Å²) in [5.74, 6) is -0.266. The topological polar surface area (TPSA) is 75.3 Å². The average molecular weight is 257 g/mol. The molecule has 1 rings (SSSR count). The van der Waals surface area contributed by atoms with E-state index >= 15 is 0 Å². The number of amides is 1. The van der Waals surface area contributed by atoms with Crippen molar-refractivity contribution in [3.63, 3.8) is 0 Å². The minimum atomic E-state index is -0.286. The number of phenols is 1. The van der Waals surface area contributed by atoms with E-state index in [1.165, 1.54) is 18.2 Å². The quantitative estimate of drug-likeness (QED) is 0.753. The zero-order valence-corrected chi connectivity index (χ0v) is 10.5. The fraction of sp³-hybridized carbons (Fsp3) is 0.417. The van der Waals surface area contributed by atoms with Gasteiger partial charge in [-0.3, -0.25) is 4.79 Å². The van der Waals surface area contributed by atoms with Crippen LogP contribution in [0.3, 0.4) is 0 Å². The molecule has 1 aromatic rings. The van der Waals surface area contributed by atoms with Gasteiger partial charge < -0.3 is 16.2 Å². The highest BCUT2D eigenvalue weighted by molar-refractivity contribution is 6.33. The molecule has 0 aliphatic carbocycles. The van der Waals surface area contributed by atoms with Crippen molar-refractivity contribution in [1.29, 1.82) is 0 Å². The smallest absolute Gasteiger partial charge is 0.253 e. The van der Waals surface area contributed by atoms with Crippen LogP contribution in [0.15, 0.2) is 18.2 Å². The van der Waals surface area contributed by atoms with Crippen molar-refractivity contribution < 1.29 is 9.90 Å². The van der Waals surface area contributed by atoms with Gasteiger partial charge in [0.05, 0.1) is 10.6 Å². The Kier molecular flexibility index (Phi) is 5.25. The number of aromatic hydroxyl groups is 1. The normalized spacial score (nSPS) is 12.2. The molecular formula is C12H17ClN2O2. The van der Waals surface area contributed by atoms with Gasteiger partial charge in [0.1, 0.15) is 5.75 Å². The van der Waals surface area contributed by atoms with E-state index in [9.17, 15) is 9.90 Å². The molecular weight excluding hydrogens is 240 g/mol. The van der Waals surface area contributed by atoms with Gasteiger partial charge in [-0.15, -0.1) is 0 Å². The summed E-state index contributed by atoms with van der Waals surface area (Å²) in [7, 11) is 0. The van der Waals surface area contributed by atoms with E-state index in [4.69, 9.17) is 17.3 Å². The van der Waals surface area contributed by atoms with Gasteiger partial charge in [-0.05, 0) is 37.6 Å². The first kappa shape index (κ1) is 13.8. The number of rotatable bonds is 5. The molecule has 1 atom stereocenters. The highest BCUT2D eigenvalue weighted by atomic mass is 35.5. The van der Waals surface area contributed by atoms with Crippen molar-refractivity contribution in [3.8, 4) is 5.75 Å². The summed E-state index contributed by atoms with van der Waals surface area (Å²) in [5.41, 5.74) is 5.74. The van der Waals surface area contributed by atoms with Crippen LogP contribution in [0.1, 0.15) is 30.1 Å². The van der Waals surface area contributed by atoms with Gasteiger partial charge in [0.25, 0.3) is 5.91 Å². The van der Waals surface area contributed by atoms with Crippen LogP contribution in [0, 0.1) is 0 Å². The first-order valence-corrected chi connectivity index (χ1v) is 5.95. The number of carbonyl (C=O) groups excluding carboxylic acids is 1. The van der Waals surface area contributed by atoms with Crippen LogP contribution < -0.4 is 11.1 Å². The molecule has 1 aromatic carbocycles. The molecule has 1 unspecified atom stereocenters. The molecule has 0 aliphatic heterocycles. The molecule has 5 heteroatoms. The monoisotopic (exact) mass is 256 g/mol. The number of nitrogens with two attached hydrogens (primary N) is 1. The third kappa shape index (κ3) is 3.91. The summed E-state index contributed by atoms with van der Waals surface area (Å²) in [6.45, 7) is 2.50. The average Bonchev–Trinajstić information content (AvgIpc) is 2.31. The zero-order chi connectivity index (χ0) is 12.8. The summed E-state index contributed by atoms with van der Waals surface area (Å²) in [4.78, 5) is 11.9. The van der Waals surface area contributed by atoms with E-state index in [1.807, 2.05) is 6.92 Å². The van der Waals surface area contributed by atoms with Gasteiger partial charge in [0.2, 0.25) is 0 Å². The second-order valence-corrected chi connectivity index (χ2v) is 4.23. The largest absolute Gasteiger partial charge is 0.508 e. The molecule has 17 heavy (non-hydrogen) atoms. The Hall–Kier alpha value is -1.26. The van der Waals surface area contributed by atoms with Crippen molar-refractivity contribution in [3.05, 3.63) is 28.8 Å². The number of halogens is 1. The molecule has 0 aromatic heterocycles. The van der Waals surface area contributed by atoms with Crippen molar-refractivity contribution in [2.75, 3.05) is 6.54 Å². The highest BCUT2D eigenvalue weighted by Gasteiger charge is 2.14. The Bertz CT molecular complexity index is 396. The Morgan fingerprint density at radius 3 is 2.88 bits per heavy atom. The Labute approximate surface area is 106 Å². The van der Waals surface area contributed by atoms with Crippen LogP contribution in [-0.2, 0) is 0 Å². The van der Waals surface area contributed by atoms with Gasteiger partial charge >= 0.3 is 0 Å². The number of hydrogen-bond acceptors (Lipinski definition) is 3. The fourth-order valence-electron chi connectivity index (χ4n) is 1.53. The Balaban J connectivity index is 2.78. The number of phenolic OH excluding ortho intramolecular Hbond substituents is 1. The van der Waals surface area contributed by atoms with E-state index in [-0.39, 0.29) is 23.3 Å². The zero-order valence-electron chi connectivity index (χ0n) is 9.74. The molecule has 0 aliphatic rings. The Morgan fingerprint density at radius 1 is 1.59 bits per heavy atom. The standard InChI is InChI=1S/C12H17ClN2O2/c1-2-8(5-6-14)15-12(17)10-7-9(16)3-4-11(10)13/h3-4,7-8,16H,2,5-6,14H2,1H3,(H,15,17). The Morgan fingerprint density at radius 2 is 2.29 bits per heavy atom. The summed E-state index contributed by atoms with van der Waals surface area (Å²) in [5, 5.41) is 12.5. The molecule has 0 saturated carbocycles. The molecule has 0 bridgehead atoms. The number of carbonyl (C=O) groups is 1. The van der Waals surface area contributed by atoms with Crippen molar-refractivity contribution in [2.24, 2.45) is 5.73 Å². The van der Waals surface area contributed by atoms with Gasteiger partial charge in [-0.1, -0.05) is 18.5 Å². The maximum atomic E-state index is 11.9. The minimum Gasteiger partial charge on any atom is -0.508 e. The van der Waals surface area contributed by atoms with Crippen LogP contribution in [0.2, 0.25) is 5.02 Å². The third-order valence-electron chi connectivity index (χ3n) is 2.54. The molecule has 4 N–H and O–H groups in total. The maximum absolute atomic E-state index is 11.9. The SMILES string of the molecule is CCC(CCN)NC(=O)c1cc(O)ccc1Cl. The van der Waals surface area contributed by atoms with Crippen molar-refractivity contribution in [2.45, 2.75) is 25.8 Å². The van der Waals surface area contributed by atoms with E-state index in [2.05, 4.69) is 5.32 Å². The van der Waals surface area contributed by atoms with Crippen LogP contribution in [0.25, 0.3) is 0 Å². The second-order valence-electron chi connectivity index (χ2n) is 3.82. The molecule has 1 amide bonds. The lowest BCUT2D eigenvalue weighted by atomic mass is 10.1. The predicted octanol–water partition coefficient (Wildman–Crippen LogP) is 1.90. The van der Waals surface area contributed by atoms with Crippen molar-refractivity contribution in [1.82, 2.24) is 5.32 Å². The van der Waals surface area contributed by atoms with Gasteiger partial charge in [-0.25, -0.2) is 0 Å². The number of nitrogens with one attached hydrogen (secondary N) is 1. The van der Waals surface area contributed by atoms with Gasteiger partial charge in [-0.2, -0.15) is 0 Å². The van der Waals surface area contributed by atoms with Crippen LogP contribution in [-0.4, -0.2) is 23.6 Å². The molecule has 0 spiro atoms. The second kappa shape index (κ2) is 6.47. The van der Waals surface area contributed by atoms with Crippen LogP contribution in [0.5, 0.6) is 5.75 Å². The molecule has 0 radical (unpaired) electrons. The first-order valence-electron chi connectivity index (χ1n) is 5.58. The lowest BCUT2D eigenvalue weighted by Crippen LogP contribution is -2.36. The number of hydrogen-bond donors (Lipinski definition) is 3. The summed E-state index contributed by atoms with van der Waals surface area (Å²) < 4.78 is 0. The summed E-state index contributed by atoms with van der Waals surface area (Å²) in [6, 6.07) is 4.32. The lowest BCUT2D eigenvalue weighted by Gasteiger charge is -2.16. The van der Waals surface area contributed by atoms with Crippen LogP contribution >= 0.6 is 11.6 Å². The lowest BCUT2D eigenvalue weighted by molar-refractivity contribution is 0.0934. The van der Waals surface area contributed by atoms with E-state index in [0.717, 1.165) is 12.8 Å². The van der Waals surface area contributed by atoms with Gasteiger partial charge in [0.15, 0.2) is 0 Å². The molecule has 4 nitrogen and oxygen atoms in total. The minimum absolute atomic E-state index is 0.0198.